The maximum absolute atomic E-state index is 12.5. The molecule has 0 aromatic carbocycles. The molecule has 1 aliphatic carbocycles. The summed E-state index contributed by atoms with van der Waals surface area (Å²) in [6, 6.07) is 0.136. The Kier molecular flexibility index (Phi) is 5.01. The van der Waals surface area contributed by atoms with Gasteiger partial charge >= 0.3 is 0 Å². The Bertz CT molecular complexity index is 809. The number of H-pyrrole nitrogens is 1. The van der Waals surface area contributed by atoms with Gasteiger partial charge in [0, 0.05) is 10.9 Å². The van der Waals surface area contributed by atoms with Gasteiger partial charge in [-0.2, -0.15) is 0 Å². The molecule has 3 rings (SSSR count). The van der Waals surface area contributed by atoms with Crippen molar-refractivity contribution in [3.8, 4) is 0 Å². The van der Waals surface area contributed by atoms with Gasteiger partial charge in [-0.05, 0) is 45.1 Å². The Labute approximate surface area is 145 Å². The minimum atomic E-state index is -0.0335. The van der Waals surface area contributed by atoms with Crippen LogP contribution in [0.1, 0.15) is 43.0 Å². The average molecular weight is 349 g/mol. The molecule has 0 spiro atoms. The molecule has 2 aromatic heterocycles. The highest BCUT2D eigenvalue weighted by Gasteiger charge is 2.20. The van der Waals surface area contributed by atoms with Crippen LogP contribution >= 0.6 is 11.3 Å². The third-order valence-corrected chi connectivity index (χ3v) is 5.44. The summed E-state index contributed by atoms with van der Waals surface area (Å²) >= 11 is 1.66. The third kappa shape index (κ3) is 3.67. The molecule has 24 heavy (non-hydrogen) atoms. The molecule has 0 saturated heterocycles. The normalized spacial score (nSPS) is 15.5. The topological polar surface area (TPSA) is 79.3 Å². The van der Waals surface area contributed by atoms with Gasteiger partial charge in [-0.25, -0.2) is 4.98 Å². The van der Waals surface area contributed by atoms with E-state index in [4.69, 9.17) is 0 Å². The van der Waals surface area contributed by atoms with Crippen molar-refractivity contribution >= 4 is 27.5 Å². The van der Waals surface area contributed by atoms with Crippen LogP contribution in [-0.4, -0.2) is 35.5 Å². The maximum Gasteiger partial charge on any atom is 0.275 e. The summed E-state index contributed by atoms with van der Waals surface area (Å²) in [6.07, 6.45) is 4.39. The third-order valence-electron chi connectivity index (χ3n) is 4.26. The predicted octanol–water partition coefficient (Wildman–Crippen LogP) is 0.403. The Morgan fingerprint density at radius 1 is 1.38 bits per heavy atom. The zero-order chi connectivity index (χ0) is 17.3. The summed E-state index contributed by atoms with van der Waals surface area (Å²) in [7, 11) is 1.93. The minimum absolute atomic E-state index is 0.0116. The first-order valence-electron chi connectivity index (χ1n) is 8.58. The lowest BCUT2D eigenvalue weighted by Crippen LogP contribution is -3.09. The Morgan fingerprint density at radius 3 is 2.88 bits per heavy atom. The zero-order valence-electron chi connectivity index (χ0n) is 14.5. The van der Waals surface area contributed by atoms with Crippen LogP contribution in [0.4, 0.5) is 0 Å². The average Bonchev–Trinajstić information content (AvgIpc) is 2.84. The monoisotopic (exact) mass is 349 g/mol. The number of carbonyl (C=O) groups is 1. The van der Waals surface area contributed by atoms with E-state index < -0.39 is 0 Å². The highest BCUT2D eigenvalue weighted by molar-refractivity contribution is 7.18. The number of aromatic nitrogens is 2. The van der Waals surface area contributed by atoms with Gasteiger partial charge < -0.3 is 15.2 Å². The SMILES string of the molecule is CC(C)NC(=O)C[NH+](C)Cc1nc2sc3c(c2c(=O)[nH]1)CCCC3. The van der Waals surface area contributed by atoms with Crippen LogP contribution in [0.2, 0.25) is 0 Å². The van der Waals surface area contributed by atoms with Crippen LogP contribution in [0.5, 0.6) is 0 Å². The van der Waals surface area contributed by atoms with E-state index in [1.54, 1.807) is 11.3 Å². The lowest BCUT2D eigenvalue weighted by molar-refractivity contribution is -0.886. The van der Waals surface area contributed by atoms with Gasteiger partial charge in [0.15, 0.2) is 12.4 Å². The molecule has 3 N–H and O–H groups in total. The fourth-order valence-electron chi connectivity index (χ4n) is 3.29. The summed E-state index contributed by atoms with van der Waals surface area (Å²) in [5, 5.41) is 3.67. The van der Waals surface area contributed by atoms with E-state index in [2.05, 4.69) is 15.3 Å². The number of quaternary nitrogens is 1. The van der Waals surface area contributed by atoms with Gasteiger partial charge in [-0.15, -0.1) is 11.3 Å². The molecule has 0 bridgehead atoms. The quantitative estimate of drug-likeness (QED) is 0.731. The van der Waals surface area contributed by atoms with Crippen molar-refractivity contribution < 1.29 is 9.69 Å². The fraction of sp³-hybridized carbons (Fsp3) is 0.588. The number of hydrogen-bond acceptors (Lipinski definition) is 4. The molecule has 0 fully saturated rings. The molecule has 1 atom stereocenters. The number of nitrogens with one attached hydrogen (secondary N) is 3. The van der Waals surface area contributed by atoms with Crippen molar-refractivity contribution in [1.82, 2.24) is 15.3 Å². The number of carbonyl (C=O) groups excluding carboxylic acids is 1. The number of fused-ring (bicyclic) bond motifs is 3. The molecular formula is C17H25N4O2S+. The second-order valence-corrected chi connectivity index (χ2v) is 8.02. The van der Waals surface area contributed by atoms with E-state index >= 15 is 0 Å². The smallest absolute Gasteiger partial charge is 0.275 e. The lowest BCUT2D eigenvalue weighted by atomic mass is 9.97. The summed E-state index contributed by atoms with van der Waals surface area (Å²) in [5.41, 5.74) is 1.17. The molecule has 2 heterocycles. The highest BCUT2D eigenvalue weighted by Crippen LogP contribution is 2.33. The molecule has 7 heteroatoms. The highest BCUT2D eigenvalue weighted by atomic mass is 32.1. The van der Waals surface area contributed by atoms with E-state index in [9.17, 15) is 9.59 Å². The van der Waals surface area contributed by atoms with Crippen LogP contribution in [0, 0.1) is 0 Å². The first-order chi connectivity index (χ1) is 11.4. The van der Waals surface area contributed by atoms with E-state index in [0.717, 1.165) is 34.4 Å². The fourth-order valence-corrected chi connectivity index (χ4v) is 4.57. The summed E-state index contributed by atoms with van der Waals surface area (Å²) in [6.45, 7) is 4.78. The number of amides is 1. The van der Waals surface area contributed by atoms with Crippen LogP contribution in [0.15, 0.2) is 4.79 Å². The lowest BCUT2D eigenvalue weighted by Gasteiger charge is -2.14. The molecule has 1 amide bonds. The maximum atomic E-state index is 12.5. The first-order valence-corrected chi connectivity index (χ1v) is 9.39. The van der Waals surface area contributed by atoms with Gasteiger partial charge in [-0.3, -0.25) is 9.59 Å². The summed E-state index contributed by atoms with van der Waals surface area (Å²) in [5.74, 6) is 0.665. The molecule has 0 radical (unpaired) electrons. The molecular weight excluding hydrogens is 324 g/mol. The molecule has 130 valence electrons. The number of aromatic amines is 1. The number of aryl methyl sites for hydroxylation is 2. The van der Waals surface area contributed by atoms with Crippen LogP contribution in [0.3, 0.4) is 0 Å². The van der Waals surface area contributed by atoms with Crippen molar-refractivity contribution in [2.24, 2.45) is 0 Å². The summed E-state index contributed by atoms with van der Waals surface area (Å²) in [4.78, 5) is 35.1. The molecule has 0 saturated carbocycles. The molecule has 1 unspecified atom stereocenters. The van der Waals surface area contributed by atoms with Crippen LogP contribution in [0.25, 0.3) is 10.2 Å². The van der Waals surface area contributed by atoms with Gasteiger partial charge in [0.2, 0.25) is 0 Å². The Balaban J connectivity index is 1.78. The van der Waals surface area contributed by atoms with E-state index in [1.807, 2.05) is 20.9 Å². The predicted molar refractivity (Wildman–Crippen MR) is 95.6 cm³/mol. The van der Waals surface area contributed by atoms with E-state index in [1.165, 1.54) is 16.9 Å². The van der Waals surface area contributed by atoms with Crippen LogP contribution in [-0.2, 0) is 24.2 Å². The second kappa shape index (κ2) is 7.03. The van der Waals surface area contributed by atoms with Crippen molar-refractivity contribution in [3.63, 3.8) is 0 Å². The number of thiophene rings is 1. The molecule has 2 aromatic rings. The number of nitrogens with zero attached hydrogens (tertiary/aromatic N) is 1. The van der Waals surface area contributed by atoms with Crippen LogP contribution < -0.4 is 15.8 Å². The first kappa shape index (κ1) is 17.1. The second-order valence-electron chi connectivity index (χ2n) is 6.94. The molecule has 1 aliphatic rings. The number of likely N-dealkylation sites (N-methyl/N-ethyl adjacent to an activating group) is 1. The Hall–Kier alpha value is -1.73. The largest absolute Gasteiger partial charge is 0.349 e. The number of hydrogen-bond donors (Lipinski definition) is 3. The van der Waals surface area contributed by atoms with Gasteiger partial charge in [0.25, 0.3) is 11.5 Å². The molecule has 0 aliphatic heterocycles. The van der Waals surface area contributed by atoms with Crippen molar-refractivity contribution in [3.05, 3.63) is 26.6 Å². The van der Waals surface area contributed by atoms with E-state index in [0.29, 0.717) is 18.9 Å². The summed E-state index contributed by atoms with van der Waals surface area (Å²) < 4.78 is 0. The van der Waals surface area contributed by atoms with Crippen molar-refractivity contribution in [1.29, 1.82) is 0 Å². The van der Waals surface area contributed by atoms with E-state index in [-0.39, 0.29) is 17.5 Å². The Morgan fingerprint density at radius 2 is 2.12 bits per heavy atom. The molecule has 6 nitrogen and oxygen atoms in total. The van der Waals surface area contributed by atoms with Crippen molar-refractivity contribution in [2.45, 2.75) is 52.1 Å². The standard InChI is InChI=1S/C17H24N4O2S/c1-10(2)18-14(22)9-21(3)8-13-19-16(23)15-11-6-4-5-7-12(11)24-17(15)20-13/h10H,4-9H2,1-3H3,(H,18,22)(H,19,20,23)/p+1. The minimum Gasteiger partial charge on any atom is -0.349 e. The van der Waals surface area contributed by atoms with Crippen molar-refractivity contribution in [2.75, 3.05) is 13.6 Å². The van der Waals surface area contributed by atoms with Gasteiger partial charge in [0.05, 0.1) is 12.4 Å². The zero-order valence-corrected chi connectivity index (χ0v) is 15.3. The van der Waals surface area contributed by atoms with Gasteiger partial charge in [-0.1, -0.05) is 0 Å². The van der Waals surface area contributed by atoms with Gasteiger partial charge in [0.1, 0.15) is 11.4 Å². The number of rotatable bonds is 5.